The monoisotopic (exact) mass is 213 g/mol. The van der Waals surface area contributed by atoms with Crippen molar-refractivity contribution in [3.63, 3.8) is 0 Å². The van der Waals surface area contributed by atoms with Crippen LogP contribution < -0.4 is 0 Å². The van der Waals surface area contributed by atoms with Crippen LogP contribution in [0.1, 0.15) is 30.7 Å². The normalized spacial score (nSPS) is 18.0. The van der Waals surface area contributed by atoms with Gasteiger partial charge in [0, 0.05) is 10.0 Å². The largest absolute Gasteiger partial charge is 0.0843 e. The Hall–Kier alpha value is -0.200. The van der Waals surface area contributed by atoms with Crippen LogP contribution in [0.15, 0.2) is 18.2 Å². The highest BCUT2D eigenvalue weighted by molar-refractivity contribution is 6.33. The molecule has 0 nitrogen and oxygen atoms in total. The minimum Gasteiger partial charge on any atom is -0.0843 e. The highest BCUT2D eigenvalue weighted by Gasteiger charge is 2.19. The van der Waals surface area contributed by atoms with E-state index in [1.165, 1.54) is 24.8 Å². The predicted octanol–water partition coefficient (Wildman–Crippen LogP) is 4.47. The molecule has 1 aliphatic carbocycles. The van der Waals surface area contributed by atoms with Gasteiger partial charge < -0.3 is 0 Å². The second kappa shape index (κ2) is 3.89. The highest BCUT2D eigenvalue weighted by Crippen LogP contribution is 2.37. The first kappa shape index (κ1) is 9.36. The first-order valence-electron chi connectivity index (χ1n) is 4.55. The zero-order valence-corrected chi connectivity index (χ0v) is 8.78. The van der Waals surface area contributed by atoms with Gasteiger partial charge in [0.1, 0.15) is 0 Å². The third-order valence-corrected chi connectivity index (χ3v) is 3.11. The molecule has 1 fully saturated rings. The van der Waals surface area contributed by atoms with Crippen LogP contribution in [0.5, 0.6) is 0 Å². The van der Waals surface area contributed by atoms with Crippen molar-refractivity contribution >= 4 is 23.2 Å². The lowest BCUT2D eigenvalue weighted by Gasteiger charge is -2.11. The van der Waals surface area contributed by atoms with E-state index in [0.717, 1.165) is 10.0 Å². The summed E-state index contributed by atoms with van der Waals surface area (Å²) in [4.78, 5) is 0. The van der Waals surface area contributed by atoms with Crippen molar-refractivity contribution in [3.8, 4) is 0 Å². The van der Waals surface area contributed by atoms with Crippen LogP contribution in [0.25, 0.3) is 0 Å². The predicted molar refractivity (Wildman–Crippen MR) is 57.4 cm³/mol. The zero-order chi connectivity index (χ0) is 9.26. The molecule has 1 atom stereocenters. The maximum absolute atomic E-state index is 6.10. The van der Waals surface area contributed by atoms with E-state index in [1.807, 2.05) is 18.2 Å². The van der Waals surface area contributed by atoms with Crippen LogP contribution >= 0.6 is 23.2 Å². The lowest BCUT2D eigenvalue weighted by molar-refractivity contribution is 0.791. The summed E-state index contributed by atoms with van der Waals surface area (Å²) in [6, 6.07) is 5.70. The smallest absolute Gasteiger partial charge is 0.0441 e. The minimum absolute atomic E-state index is 0.520. The summed E-state index contributed by atoms with van der Waals surface area (Å²) in [7, 11) is 0. The highest BCUT2D eigenvalue weighted by atomic mass is 35.5. The van der Waals surface area contributed by atoms with Gasteiger partial charge in [-0.1, -0.05) is 29.6 Å². The molecular formula is C11H11Cl2. The molecule has 1 saturated carbocycles. The second-order valence-corrected chi connectivity index (χ2v) is 4.28. The number of halogens is 2. The van der Waals surface area contributed by atoms with Crippen LogP contribution in [0, 0.1) is 6.42 Å². The summed E-state index contributed by atoms with van der Waals surface area (Å²) in [6.45, 7) is 0. The van der Waals surface area contributed by atoms with Gasteiger partial charge in [-0.3, -0.25) is 0 Å². The molecule has 0 aromatic heterocycles. The summed E-state index contributed by atoms with van der Waals surface area (Å²) in [6.07, 6.45) is 6.01. The van der Waals surface area contributed by atoms with Crippen molar-refractivity contribution < 1.29 is 0 Å². The summed E-state index contributed by atoms with van der Waals surface area (Å²) in [5, 5.41) is 1.62. The summed E-state index contributed by atoms with van der Waals surface area (Å²) >= 11 is 12.0. The van der Waals surface area contributed by atoms with Crippen LogP contribution in [0.2, 0.25) is 10.0 Å². The lowest BCUT2D eigenvalue weighted by atomic mass is 9.98. The molecule has 13 heavy (non-hydrogen) atoms. The molecule has 69 valence electrons. The third-order valence-electron chi connectivity index (χ3n) is 2.53. The average molecular weight is 214 g/mol. The van der Waals surface area contributed by atoms with Crippen molar-refractivity contribution in [2.45, 2.75) is 25.2 Å². The molecule has 0 bridgehead atoms. The van der Waals surface area contributed by atoms with E-state index in [1.54, 1.807) is 0 Å². The third kappa shape index (κ3) is 2.00. The maximum Gasteiger partial charge on any atom is 0.0441 e. The molecular weight excluding hydrogens is 203 g/mol. The van der Waals surface area contributed by atoms with Gasteiger partial charge in [0.25, 0.3) is 0 Å². The van der Waals surface area contributed by atoms with Crippen LogP contribution in [-0.4, -0.2) is 0 Å². The molecule has 0 N–H and O–H groups in total. The van der Waals surface area contributed by atoms with E-state index in [-0.39, 0.29) is 0 Å². The van der Waals surface area contributed by atoms with Gasteiger partial charge in [-0.15, -0.1) is 0 Å². The quantitative estimate of drug-likeness (QED) is 0.647. The van der Waals surface area contributed by atoms with Crippen molar-refractivity contribution in [2.24, 2.45) is 0 Å². The Kier molecular flexibility index (Phi) is 2.80. The summed E-state index contributed by atoms with van der Waals surface area (Å²) in [5.41, 5.74) is 1.19. The van der Waals surface area contributed by atoms with E-state index in [2.05, 4.69) is 6.42 Å². The van der Waals surface area contributed by atoms with Crippen molar-refractivity contribution in [1.29, 1.82) is 0 Å². The van der Waals surface area contributed by atoms with Gasteiger partial charge in [0.2, 0.25) is 0 Å². The minimum atomic E-state index is 0.520. The lowest BCUT2D eigenvalue weighted by Crippen LogP contribution is -1.93. The van der Waals surface area contributed by atoms with E-state index in [9.17, 15) is 0 Å². The fourth-order valence-electron chi connectivity index (χ4n) is 1.86. The molecule has 0 spiro atoms. The fourth-order valence-corrected chi connectivity index (χ4v) is 2.29. The van der Waals surface area contributed by atoms with Gasteiger partial charge in [-0.25, -0.2) is 0 Å². The van der Waals surface area contributed by atoms with E-state index in [4.69, 9.17) is 23.2 Å². The fraction of sp³-hybridized carbons (Fsp3) is 0.364. The van der Waals surface area contributed by atoms with Gasteiger partial charge >= 0.3 is 0 Å². The molecule has 0 heterocycles. The van der Waals surface area contributed by atoms with Crippen LogP contribution in [-0.2, 0) is 0 Å². The molecule has 2 rings (SSSR count). The molecule has 1 unspecified atom stereocenters. The Morgan fingerprint density at radius 3 is 2.77 bits per heavy atom. The number of hydrogen-bond donors (Lipinski definition) is 0. The Balaban J connectivity index is 2.32. The van der Waals surface area contributed by atoms with Crippen molar-refractivity contribution in [1.82, 2.24) is 0 Å². The van der Waals surface area contributed by atoms with Gasteiger partial charge in [-0.2, -0.15) is 0 Å². The van der Waals surface area contributed by atoms with Gasteiger partial charge in [0.15, 0.2) is 0 Å². The second-order valence-electron chi connectivity index (χ2n) is 3.44. The SMILES string of the molecule is Clc1ccc(Cl)c(C2[CH]CCC2)c1. The van der Waals surface area contributed by atoms with E-state index < -0.39 is 0 Å². The summed E-state index contributed by atoms with van der Waals surface area (Å²) < 4.78 is 0. The zero-order valence-electron chi connectivity index (χ0n) is 7.26. The molecule has 1 radical (unpaired) electrons. The molecule has 1 aromatic carbocycles. The molecule has 1 aromatic rings. The summed E-state index contributed by atoms with van der Waals surface area (Å²) in [5.74, 6) is 0.520. The Labute approximate surface area is 88.9 Å². The van der Waals surface area contributed by atoms with Crippen molar-refractivity contribution in [3.05, 3.63) is 40.2 Å². The standard InChI is InChI=1S/C11H11Cl2/c12-9-5-6-11(13)10(7-9)8-3-1-2-4-8/h3,5-8H,1-2,4H2. The van der Waals surface area contributed by atoms with Gasteiger partial charge in [0.05, 0.1) is 0 Å². The Morgan fingerprint density at radius 2 is 2.08 bits per heavy atom. The Bertz CT molecular complexity index is 301. The molecule has 0 amide bonds. The first-order chi connectivity index (χ1) is 6.27. The number of hydrogen-bond acceptors (Lipinski definition) is 0. The molecule has 1 aliphatic rings. The Morgan fingerprint density at radius 1 is 1.23 bits per heavy atom. The van der Waals surface area contributed by atoms with E-state index in [0.29, 0.717) is 5.92 Å². The van der Waals surface area contributed by atoms with Crippen LogP contribution in [0.4, 0.5) is 0 Å². The van der Waals surface area contributed by atoms with E-state index >= 15 is 0 Å². The number of rotatable bonds is 1. The van der Waals surface area contributed by atoms with Crippen molar-refractivity contribution in [2.75, 3.05) is 0 Å². The average Bonchev–Trinajstić information content (AvgIpc) is 2.61. The molecule has 0 aliphatic heterocycles. The first-order valence-corrected chi connectivity index (χ1v) is 5.31. The van der Waals surface area contributed by atoms with Gasteiger partial charge in [-0.05, 0) is 48.9 Å². The molecule has 2 heteroatoms. The molecule has 0 saturated heterocycles. The van der Waals surface area contributed by atoms with Crippen LogP contribution in [0.3, 0.4) is 0 Å². The number of benzene rings is 1. The topological polar surface area (TPSA) is 0 Å². The maximum atomic E-state index is 6.10.